The van der Waals surface area contributed by atoms with Gasteiger partial charge in [0.15, 0.2) is 6.61 Å². The largest absolute Gasteiger partial charge is 0.484 e. The molecule has 0 aliphatic carbocycles. The van der Waals surface area contributed by atoms with Crippen LogP contribution in [0.4, 0.5) is 18.9 Å². The summed E-state index contributed by atoms with van der Waals surface area (Å²) in [6.07, 6.45) is -0.312. The van der Waals surface area contributed by atoms with Crippen LogP contribution in [0.25, 0.3) is 0 Å². The van der Waals surface area contributed by atoms with E-state index in [1.54, 1.807) is 48.2 Å². The van der Waals surface area contributed by atoms with Crippen molar-refractivity contribution >= 4 is 33.7 Å². The molecule has 3 aromatic rings. The van der Waals surface area contributed by atoms with Gasteiger partial charge in [-0.05, 0) is 86.3 Å². The third-order valence-corrected chi connectivity index (χ3v) is 8.50. The molecule has 0 aromatic heterocycles. The summed E-state index contributed by atoms with van der Waals surface area (Å²) in [5.41, 5.74) is 2.18. The molecule has 1 aliphatic rings. The predicted molar refractivity (Wildman–Crippen MR) is 155 cm³/mol. The van der Waals surface area contributed by atoms with Crippen molar-refractivity contribution in [3.05, 3.63) is 89.5 Å². The van der Waals surface area contributed by atoms with Crippen LogP contribution >= 0.6 is 0 Å². The minimum absolute atomic E-state index is 0.0721. The van der Waals surface area contributed by atoms with Crippen molar-refractivity contribution in [1.29, 1.82) is 0 Å². The fourth-order valence-electron chi connectivity index (χ4n) is 4.36. The Morgan fingerprint density at radius 2 is 1.67 bits per heavy atom. The maximum atomic E-state index is 13.4. The second-order valence-electron chi connectivity index (χ2n) is 9.97. The van der Waals surface area contributed by atoms with E-state index in [2.05, 4.69) is 10.5 Å². The van der Waals surface area contributed by atoms with Crippen LogP contribution in [-0.2, 0) is 25.8 Å². The highest BCUT2D eigenvalue weighted by molar-refractivity contribution is 7.92. The molecule has 9 nitrogen and oxygen atoms in total. The fourth-order valence-corrected chi connectivity index (χ4v) is 5.78. The van der Waals surface area contributed by atoms with Crippen LogP contribution < -0.4 is 14.5 Å². The van der Waals surface area contributed by atoms with E-state index in [0.29, 0.717) is 21.7 Å². The molecule has 3 aromatic carbocycles. The molecule has 0 spiro atoms. The number of halogens is 3. The van der Waals surface area contributed by atoms with Gasteiger partial charge in [-0.15, -0.1) is 0 Å². The highest BCUT2D eigenvalue weighted by Gasteiger charge is 2.33. The van der Waals surface area contributed by atoms with Crippen LogP contribution in [-0.4, -0.2) is 57.6 Å². The van der Waals surface area contributed by atoms with Crippen molar-refractivity contribution in [1.82, 2.24) is 10.3 Å². The number of ether oxygens (including phenoxy) is 1. The number of anilines is 1. The predicted octanol–water partition coefficient (Wildman–Crippen LogP) is 4.75. The molecule has 1 N–H and O–H groups in total. The molecule has 0 bridgehead atoms. The van der Waals surface area contributed by atoms with Gasteiger partial charge < -0.3 is 9.64 Å². The third-order valence-electron chi connectivity index (χ3n) is 6.71. The van der Waals surface area contributed by atoms with Gasteiger partial charge in [-0.25, -0.2) is 13.8 Å². The lowest BCUT2D eigenvalue weighted by Gasteiger charge is -2.26. The van der Waals surface area contributed by atoms with Gasteiger partial charge in [-0.1, -0.05) is 23.8 Å². The number of nitrogens with one attached hydrogen (secondary N) is 1. The van der Waals surface area contributed by atoms with E-state index in [4.69, 9.17) is 4.74 Å². The number of likely N-dealkylation sites (tertiary alicyclic amines) is 1. The molecule has 2 amide bonds. The van der Waals surface area contributed by atoms with Gasteiger partial charge in [0.05, 0.1) is 22.4 Å². The first-order valence-corrected chi connectivity index (χ1v) is 15.0. The zero-order valence-electron chi connectivity index (χ0n) is 23.4. The average Bonchev–Trinajstić information content (AvgIpc) is 2.99. The van der Waals surface area contributed by atoms with Crippen molar-refractivity contribution in [2.24, 2.45) is 5.10 Å². The molecule has 4 rings (SSSR count). The van der Waals surface area contributed by atoms with Crippen LogP contribution in [0.3, 0.4) is 0 Å². The summed E-state index contributed by atoms with van der Waals surface area (Å²) in [7, 11) is -4.42. The van der Waals surface area contributed by atoms with Crippen molar-refractivity contribution in [2.45, 2.75) is 37.3 Å². The normalized spacial score (nSPS) is 14.0. The quantitative estimate of drug-likeness (QED) is 0.261. The Labute approximate surface area is 248 Å². The Morgan fingerprint density at radius 3 is 2.33 bits per heavy atom. The number of alkyl halides is 3. The summed E-state index contributed by atoms with van der Waals surface area (Å²) >= 11 is 0. The first-order valence-electron chi connectivity index (χ1n) is 13.5. The molecular formula is C30H31F3N4O5S. The monoisotopic (exact) mass is 616 g/mol. The van der Waals surface area contributed by atoms with E-state index in [1.165, 1.54) is 24.4 Å². The lowest BCUT2D eigenvalue weighted by Crippen LogP contribution is -2.39. The van der Waals surface area contributed by atoms with Gasteiger partial charge >= 0.3 is 6.18 Å². The number of hydrogen-bond donors (Lipinski definition) is 1. The molecule has 1 heterocycles. The SMILES string of the molecule is Cc1ccc(S(=O)(=O)N(CC(=O)N/N=C\c2ccc(OCC(=O)N3CCCCC3)cc2)c2cccc(C(F)(F)F)c2)cc1. The molecule has 13 heteroatoms. The molecule has 1 saturated heterocycles. The Balaban J connectivity index is 1.42. The summed E-state index contributed by atoms with van der Waals surface area (Å²) < 4.78 is 73.2. The molecular weight excluding hydrogens is 585 g/mol. The number of piperidine rings is 1. The number of carbonyl (C=O) groups is 2. The maximum Gasteiger partial charge on any atom is 0.416 e. The maximum absolute atomic E-state index is 13.4. The highest BCUT2D eigenvalue weighted by Crippen LogP contribution is 2.33. The lowest BCUT2D eigenvalue weighted by atomic mass is 10.1. The number of aryl methyl sites for hydroxylation is 1. The summed E-state index contributed by atoms with van der Waals surface area (Å²) in [4.78, 5) is 26.6. The second-order valence-corrected chi connectivity index (χ2v) is 11.8. The number of rotatable bonds is 10. The van der Waals surface area contributed by atoms with E-state index in [0.717, 1.165) is 50.0 Å². The second kappa shape index (κ2) is 13.7. The molecule has 228 valence electrons. The molecule has 0 atom stereocenters. The third kappa shape index (κ3) is 8.57. The summed E-state index contributed by atoms with van der Waals surface area (Å²) in [5, 5.41) is 3.85. The zero-order valence-corrected chi connectivity index (χ0v) is 24.2. The van der Waals surface area contributed by atoms with Crippen LogP contribution in [0.1, 0.15) is 36.0 Å². The molecule has 0 unspecified atom stereocenters. The first-order chi connectivity index (χ1) is 20.4. The Bertz CT molecular complexity index is 1550. The van der Waals surface area contributed by atoms with Gasteiger partial charge in [0.2, 0.25) is 0 Å². The van der Waals surface area contributed by atoms with Gasteiger partial charge in [0, 0.05) is 13.1 Å². The zero-order chi connectivity index (χ0) is 31.0. The van der Waals surface area contributed by atoms with E-state index in [9.17, 15) is 31.2 Å². The topological polar surface area (TPSA) is 108 Å². The number of amides is 2. The Kier molecular flexibility index (Phi) is 10.1. The van der Waals surface area contributed by atoms with E-state index >= 15 is 0 Å². The number of hydrogen-bond acceptors (Lipinski definition) is 6. The smallest absolute Gasteiger partial charge is 0.416 e. The summed E-state index contributed by atoms with van der Waals surface area (Å²) in [6, 6.07) is 16.0. The summed E-state index contributed by atoms with van der Waals surface area (Å²) in [6.45, 7) is 2.33. The van der Waals surface area contributed by atoms with Gasteiger partial charge in [0.1, 0.15) is 12.3 Å². The Hall–Kier alpha value is -4.39. The van der Waals surface area contributed by atoms with E-state index in [-0.39, 0.29) is 23.1 Å². The van der Waals surface area contributed by atoms with Gasteiger partial charge in [0.25, 0.3) is 21.8 Å². The summed E-state index contributed by atoms with van der Waals surface area (Å²) in [5.74, 6) is -0.471. The average molecular weight is 617 g/mol. The van der Waals surface area contributed by atoms with Crippen LogP contribution in [0.2, 0.25) is 0 Å². The minimum atomic E-state index is -4.72. The van der Waals surface area contributed by atoms with Crippen LogP contribution in [0.15, 0.2) is 82.8 Å². The number of sulfonamides is 1. The lowest BCUT2D eigenvalue weighted by molar-refractivity contribution is -0.137. The van der Waals surface area contributed by atoms with Crippen molar-refractivity contribution in [3.63, 3.8) is 0 Å². The molecule has 1 aliphatic heterocycles. The molecule has 43 heavy (non-hydrogen) atoms. The Morgan fingerprint density at radius 1 is 1.00 bits per heavy atom. The van der Waals surface area contributed by atoms with Crippen LogP contribution in [0, 0.1) is 6.92 Å². The van der Waals surface area contributed by atoms with Crippen molar-refractivity contribution in [2.75, 3.05) is 30.5 Å². The van der Waals surface area contributed by atoms with E-state index < -0.39 is 34.2 Å². The number of hydrazone groups is 1. The first kappa shape index (κ1) is 31.5. The number of carbonyl (C=O) groups excluding carboxylic acids is 2. The minimum Gasteiger partial charge on any atom is -0.484 e. The van der Waals surface area contributed by atoms with Gasteiger partial charge in [-0.2, -0.15) is 18.3 Å². The molecule has 0 radical (unpaired) electrons. The van der Waals surface area contributed by atoms with Crippen LogP contribution in [0.5, 0.6) is 5.75 Å². The number of benzene rings is 3. The van der Waals surface area contributed by atoms with Gasteiger partial charge in [-0.3, -0.25) is 13.9 Å². The van der Waals surface area contributed by atoms with Crippen molar-refractivity contribution in [3.8, 4) is 5.75 Å². The fraction of sp³-hybridized carbons (Fsp3) is 0.300. The standard InChI is InChI=1S/C30H31F3N4O5S/c1-22-8-14-27(15-9-22)43(40,41)37(25-7-5-6-24(18-25)30(31,32)33)20-28(38)35-34-19-23-10-12-26(13-11-23)42-21-29(39)36-16-3-2-4-17-36/h5-15,18-19H,2-4,16-17,20-21H2,1H3,(H,35,38)/b34-19-. The van der Waals surface area contributed by atoms with E-state index in [1.807, 2.05) is 0 Å². The van der Waals surface area contributed by atoms with Crippen molar-refractivity contribution < 1.29 is 35.9 Å². The number of nitrogens with zero attached hydrogens (tertiary/aromatic N) is 3. The highest BCUT2D eigenvalue weighted by atomic mass is 32.2. The molecule has 0 saturated carbocycles. The molecule has 1 fully saturated rings.